The minimum atomic E-state index is 0.0787. The van der Waals surface area contributed by atoms with Crippen LogP contribution in [-0.2, 0) is 18.3 Å². The van der Waals surface area contributed by atoms with Crippen molar-refractivity contribution in [3.63, 3.8) is 0 Å². The largest absolute Gasteiger partial charge is 0.354 e. The Labute approximate surface area is 147 Å². The molecular weight excluding hydrogens is 320 g/mol. The number of nitrogens with zero attached hydrogens (tertiary/aromatic N) is 3. The van der Waals surface area contributed by atoms with Crippen molar-refractivity contribution in [3.8, 4) is 0 Å². The maximum atomic E-state index is 12.5. The van der Waals surface area contributed by atoms with Crippen LogP contribution in [0.4, 0.5) is 0 Å². The van der Waals surface area contributed by atoms with E-state index in [1.807, 2.05) is 25.6 Å². The van der Waals surface area contributed by atoms with Gasteiger partial charge < -0.3 is 5.32 Å². The van der Waals surface area contributed by atoms with Gasteiger partial charge in [-0.15, -0.1) is 11.3 Å². The average molecular weight is 347 g/mol. The monoisotopic (exact) mass is 346 g/mol. The zero-order valence-electron chi connectivity index (χ0n) is 14.7. The number of hydrogen-bond acceptors (Lipinski definition) is 4. The molecule has 0 spiro atoms. The van der Waals surface area contributed by atoms with Crippen LogP contribution in [-0.4, -0.2) is 40.2 Å². The maximum absolute atomic E-state index is 12.5. The number of carbonyl (C=O) groups is 1. The minimum Gasteiger partial charge on any atom is -0.354 e. The van der Waals surface area contributed by atoms with Crippen molar-refractivity contribution in [1.82, 2.24) is 20.0 Å². The van der Waals surface area contributed by atoms with Crippen LogP contribution in [0.3, 0.4) is 0 Å². The van der Waals surface area contributed by atoms with Gasteiger partial charge >= 0.3 is 0 Å². The molecule has 3 rings (SSSR count). The number of rotatable bonds is 6. The molecule has 0 radical (unpaired) electrons. The average Bonchev–Trinajstić information content (AvgIpc) is 3.28. The molecule has 1 N–H and O–H groups in total. The summed E-state index contributed by atoms with van der Waals surface area (Å²) < 4.78 is 1.84. The first-order chi connectivity index (χ1) is 11.6. The van der Waals surface area contributed by atoms with Gasteiger partial charge in [-0.2, -0.15) is 5.10 Å². The molecule has 3 heterocycles. The zero-order valence-corrected chi connectivity index (χ0v) is 15.5. The SMILES string of the molecule is Cc1nn(C)c(C)c1CC(=O)NC[C@H](c1cccs1)N1CCCC1. The van der Waals surface area contributed by atoms with Crippen molar-refractivity contribution in [2.75, 3.05) is 19.6 Å². The van der Waals surface area contributed by atoms with Crippen LogP contribution in [0.15, 0.2) is 17.5 Å². The Morgan fingerprint density at radius 1 is 1.38 bits per heavy atom. The third kappa shape index (κ3) is 3.70. The van der Waals surface area contributed by atoms with E-state index in [4.69, 9.17) is 0 Å². The summed E-state index contributed by atoms with van der Waals surface area (Å²) in [6.07, 6.45) is 2.91. The Balaban J connectivity index is 1.63. The van der Waals surface area contributed by atoms with Crippen molar-refractivity contribution in [1.29, 1.82) is 0 Å². The molecule has 130 valence electrons. The Morgan fingerprint density at radius 2 is 2.12 bits per heavy atom. The Hall–Kier alpha value is -1.66. The summed E-state index contributed by atoms with van der Waals surface area (Å²) in [6, 6.07) is 4.56. The fraction of sp³-hybridized carbons (Fsp3) is 0.556. The highest BCUT2D eigenvalue weighted by Crippen LogP contribution is 2.27. The molecule has 1 saturated heterocycles. The molecule has 1 amide bonds. The van der Waals surface area contributed by atoms with Gasteiger partial charge in [0.05, 0.1) is 18.2 Å². The first-order valence-electron chi connectivity index (χ1n) is 8.59. The summed E-state index contributed by atoms with van der Waals surface area (Å²) >= 11 is 1.78. The second-order valence-corrected chi connectivity index (χ2v) is 7.51. The van der Waals surface area contributed by atoms with Gasteiger partial charge in [0.15, 0.2) is 0 Å². The number of aromatic nitrogens is 2. The van der Waals surface area contributed by atoms with Gasteiger partial charge in [0.1, 0.15) is 0 Å². The van der Waals surface area contributed by atoms with Gasteiger partial charge in [-0.1, -0.05) is 6.07 Å². The molecule has 5 nitrogen and oxygen atoms in total. The molecule has 1 aliphatic rings. The van der Waals surface area contributed by atoms with Gasteiger partial charge in [0, 0.05) is 29.7 Å². The molecule has 0 aromatic carbocycles. The van der Waals surface area contributed by atoms with Gasteiger partial charge in [-0.3, -0.25) is 14.4 Å². The first-order valence-corrected chi connectivity index (χ1v) is 9.47. The highest BCUT2D eigenvalue weighted by atomic mass is 32.1. The van der Waals surface area contributed by atoms with E-state index in [0.717, 1.165) is 30.0 Å². The highest BCUT2D eigenvalue weighted by Gasteiger charge is 2.25. The van der Waals surface area contributed by atoms with E-state index >= 15 is 0 Å². The van der Waals surface area contributed by atoms with Gasteiger partial charge in [-0.05, 0) is 51.2 Å². The lowest BCUT2D eigenvalue weighted by atomic mass is 10.1. The van der Waals surface area contributed by atoms with E-state index in [-0.39, 0.29) is 5.91 Å². The van der Waals surface area contributed by atoms with E-state index in [0.29, 0.717) is 19.0 Å². The molecule has 1 atom stereocenters. The fourth-order valence-corrected chi connectivity index (χ4v) is 4.31. The molecule has 2 aromatic heterocycles. The molecule has 1 fully saturated rings. The number of likely N-dealkylation sites (tertiary alicyclic amines) is 1. The van der Waals surface area contributed by atoms with Crippen molar-refractivity contribution in [2.45, 2.75) is 39.2 Å². The number of nitrogens with one attached hydrogen (secondary N) is 1. The summed E-state index contributed by atoms with van der Waals surface area (Å²) in [7, 11) is 1.92. The number of carbonyl (C=O) groups excluding carboxylic acids is 1. The van der Waals surface area contributed by atoms with E-state index in [9.17, 15) is 4.79 Å². The lowest BCUT2D eigenvalue weighted by molar-refractivity contribution is -0.120. The predicted molar refractivity (Wildman–Crippen MR) is 97.3 cm³/mol. The summed E-state index contributed by atoms with van der Waals surface area (Å²) in [4.78, 5) is 16.3. The van der Waals surface area contributed by atoms with Gasteiger partial charge in [0.2, 0.25) is 5.91 Å². The van der Waals surface area contributed by atoms with E-state index in [1.165, 1.54) is 17.7 Å². The van der Waals surface area contributed by atoms with Crippen LogP contribution in [0.1, 0.15) is 40.7 Å². The summed E-state index contributed by atoms with van der Waals surface area (Å²) in [5.74, 6) is 0.0787. The summed E-state index contributed by atoms with van der Waals surface area (Å²) in [6.45, 7) is 6.91. The summed E-state index contributed by atoms with van der Waals surface area (Å²) in [5.41, 5.74) is 3.06. The van der Waals surface area contributed by atoms with Crippen LogP contribution in [0, 0.1) is 13.8 Å². The smallest absolute Gasteiger partial charge is 0.224 e. The lowest BCUT2D eigenvalue weighted by Gasteiger charge is -2.27. The topological polar surface area (TPSA) is 50.2 Å². The van der Waals surface area contributed by atoms with Crippen LogP contribution in [0.2, 0.25) is 0 Å². The molecule has 24 heavy (non-hydrogen) atoms. The number of aryl methyl sites for hydroxylation is 2. The molecule has 0 bridgehead atoms. The second-order valence-electron chi connectivity index (χ2n) is 6.53. The molecule has 0 aliphatic carbocycles. The number of thiophene rings is 1. The number of amides is 1. The van der Waals surface area contributed by atoms with Gasteiger partial charge in [-0.25, -0.2) is 0 Å². The predicted octanol–water partition coefficient (Wildman–Crippen LogP) is 2.59. The molecule has 1 aliphatic heterocycles. The van der Waals surface area contributed by atoms with E-state index in [1.54, 1.807) is 11.3 Å². The van der Waals surface area contributed by atoms with Crippen LogP contribution < -0.4 is 5.32 Å². The molecule has 2 aromatic rings. The van der Waals surface area contributed by atoms with Crippen LogP contribution >= 0.6 is 11.3 Å². The Bertz CT molecular complexity index is 686. The zero-order chi connectivity index (χ0) is 17.1. The standard InChI is InChI=1S/C18H26N4OS/c1-13-15(14(2)21(3)20-13)11-18(23)19-12-16(17-7-6-10-24-17)22-8-4-5-9-22/h6-7,10,16H,4-5,8-9,11-12H2,1-3H3,(H,19,23)/t16-/m1/s1. The van der Waals surface area contributed by atoms with Crippen molar-refractivity contribution in [2.24, 2.45) is 7.05 Å². The third-order valence-corrected chi connectivity index (χ3v) is 5.92. The first kappa shape index (κ1) is 17.2. The number of hydrogen-bond donors (Lipinski definition) is 1. The normalized spacial score (nSPS) is 16.5. The third-order valence-electron chi connectivity index (χ3n) is 4.94. The van der Waals surface area contributed by atoms with Crippen LogP contribution in [0.5, 0.6) is 0 Å². The maximum Gasteiger partial charge on any atom is 0.224 e. The second kappa shape index (κ2) is 7.49. The Kier molecular flexibility index (Phi) is 5.36. The quantitative estimate of drug-likeness (QED) is 0.875. The molecule has 0 saturated carbocycles. The fourth-order valence-electron chi connectivity index (χ4n) is 3.45. The van der Waals surface area contributed by atoms with Crippen molar-refractivity contribution < 1.29 is 4.79 Å². The summed E-state index contributed by atoms with van der Waals surface area (Å²) in [5, 5.41) is 9.66. The van der Waals surface area contributed by atoms with Gasteiger partial charge in [0.25, 0.3) is 0 Å². The molecule has 6 heteroatoms. The molecule has 0 unspecified atom stereocenters. The van der Waals surface area contributed by atoms with Crippen molar-refractivity contribution >= 4 is 17.2 Å². The molecular formula is C18H26N4OS. The highest BCUT2D eigenvalue weighted by molar-refractivity contribution is 7.10. The minimum absolute atomic E-state index is 0.0787. The van der Waals surface area contributed by atoms with E-state index in [2.05, 4.69) is 32.8 Å². The van der Waals surface area contributed by atoms with E-state index < -0.39 is 0 Å². The van der Waals surface area contributed by atoms with Crippen LogP contribution in [0.25, 0.3) is 0 Å². The Morgan fingerprint density at radius 3 is 2.71 bits per heavy atom. The lowest BCUT2D eigenvalue weighted by Crippen LogP contribution is -2.37. The van der Waals surface area contributed by atoms with Crippen molar-refractivity contribution in [3.05, 3.63) is 39.3 Å².